The Kier molecular flexibility index (Phi) is 5.25. The van der Waals surface area contributed by atoms with Crippen LogP contribution in [0.3, 0.4) is 0 Å². The molecule has 0 bridgehead atoms. The third-order valence-electron chi connectivity index (χ3n) is 4.29. The predicted octanol–water partition coefficient (Wildman–Crippen LogP) is 1.83. The van der Waals surface area contributed by atoms with Crippen LogP contribution in [0.4, 0.5) is 11.8 Å². The van der Waals surface area contributed by atoms with Crippen molar-refractivity contribution in [3.63, 3.8) is 0 Å². The first-order valence-corrected chi connectivity index (χ1v) is 8.28. The molecule has 124 valence electrons. The van der Waals surface area contributed by atoms with Gasteiger partial charge >= 0.3 is 0 Å². The van der Waals surface area contributed by atoms with Gasteiger partial charge in [-0.05, 0) is 18.7 Å². The molecule has 0 atom stereocenters. The molecule has 6 nitrogen and oxygen atoms in total. The van der Waals surface area contributed by atoms with Crippen molar-refractivity contribution >= 4 is 22.7 Å². The summed E-state index contributed by atoms with van der Waals surface area (Å²) in [5, 5.41) is 4.43. The summed E-state index contributed by atoms with van der Waals surface area (Å²) in [4.78, 5) is 14.3. The quantitative estimate of drug-likeness (QED) is 0.821. The lowest BCUT2D eigenvalue weighted by Crippen LogP contribution is -2.46. The number of rotatable bonds is 6. The Balaban J connectivity index is 1.85. The first-order valence-electron chi connectivity index (χ1n) is 8.28. The molecule has 1 aliphatic heterocycles. The lowest BCUT2D eigenvalue weighted by Gasteiger charge is -2.34. The summed E-state index contributed by atoms with van der Waals surface area (Å²) in [6.07, 6.45) is 0. The topological polar surface area (TPSA) is 53.5 Å². The minimum atomic E-state index is 0.656. The van der Waals surface area contributed by atoms with E-state index in [0.29, 0.717) is 6.61 Å². The molecule has 0 saturated carbocycles. The Morgan fingerprint density at radius 3 is 2.65 bits per heavy atom. The van der Waals surface area contributed by atoms with Gasteiger partial charge in [-0.15, -0.1) is 0 Å². The van der Waals surface area contributed by atoms with Gasteiger partial charge in [0.25, 0.3) is 0 Å². The molecule has 0 aliphatic carbocycles. The van der Waals surface area contributed by atoms with E-state index in [4.69, 9.17) is 14.7 Å². The highest BCUT2D eigenvalue weighted by Gasteiger charge is 2.19. The van der Waals surface area contributed by atoms with Crippen molar-refractivity contribution in [1.82, 2.24) is 14.9 Å². The van der Waals surface area contributed by atoms with E-state index < -0.39 is 0 Å². The summed E-state index contributed by atoms with van der Waals surface area (Å²) in [7, 11) is 1.71. The van der Waals surface area contributed by atoms with Gasteiger partial charge in [-0.3, -0.25) is 0 Å². The summed E-state index contributed by atoms with van der Waals surface area (Å²) < 4.78 is 5.12. The molecule has 23 heavy (non-hydrogen) atoms. The van der Waals surface area contributed by atoms with Gasteiger partial charge in [0.2, 0.25) is 5.95 Å². The smallest absolute Gasteiger partial charge is 0.227 e. The molecule has 3 rings (SSSR count). The van der Waals surface area contributed by atoms with Crippen LogP contribution in [-0.2, 0) is 4.74 Å². The fraction of sp³-hybridized carbons (Fsp3) is 0.529. The second kappa shape index (κ2) is 7.57. The van der Waals surface area contributed by atoms with Gasteiger partial charge in [0.1, 0.15) is 5.82 Å². The van der Waals surface area contributed by atoms with Crippen molar-refractivity contribution in [1.29, 1.82) is 0 Å². The maximum absolute atomic E-state index is 5.12. The zero-order valence-electron chi connectivity index (χ0n) is 14.0. The fourth-order valence-corrected chi connectivity index (χ4v) is 2.88. The molecule has 6 heteroatoms. The van der Waals surface area contributed by atoms with Crippen LogP contribution in [0, 0.1) is 0 Å². The highest BCUT2D eigenvalue weighted by Crippen LogP contribution is 2.23. The summed E-state index contributed by atoms with van der Waals surface area (Å²) in [5.74, 6) is 1.71. The van der Waals surface area contributed by atoms with Crippen molar-refractivity contribution in [2.24, 2.45) is 0 Å². The number of piperazine rings is 1. The molecular formula is C17H25N5O. The van der Waals surface area contributed by atoms with Crippen LogP contribution in [-0.4, -0.2) is 67.9 Å². The molecule has 1 aliphatic rings. The molecule has 1 saturated heterocycles. The average Bonchev–Trinajstić information content (AvgIpc) is 2.62. The van der Waals surface area contributed by atoms with E-state index in [1.807, 2.05) is 18.2 Å². The van der Waals surface area contributed by atoms with Crippen molar-refractivity contribution in [2.75, 3.05) is 63.2 Å². The summed E-state index contributed by atoms with van der Waals surface area (Å²) in [6.45, 7) is 8.80. The second-order valence-corrected chi connectivity index (χ2v) is 5.73. The molecular weight excluding hydrogens is 290 g/mol. The Morgan fingerprint density at radius 2 is 1.91 bits per heavy atom. The molecule has 2 aromatic rings. The number of benzene rings is 1. The van der Waals surface area contributed by atoms with E-state index in [9.17, 15) is 0 Å². The molecule has 1 aromatic carbocycles. The van der Waals surface area contributed by atoms with E-state index in [1.165, 1.54) is 0 Å². The Hall–Kier alpha value is -1.92. The highest BCUT2D eigenvalue weighted by atomic mass is 16.5. The summed E-state index contributed by atoms with van der Waals surface area (Å²) in [5.41, 5.74) is 0.982. The standard InChI is InChI=1S/C17H25N5O/c1-3-21-9-11-22(12-10-21)17-19-15-7-5-4-6-14(15)16(20-17)18-8-13-23-2/h4-7H,3,8-13H2,1-2H3,(H,18,19,20). The minimum absolute atomic E-state index is 0.656. The largest absolute Gasteiger partial charge is 0.383 e. The maximum Gasteiger partial charge on any atom is 0.227 e. The van der Waals surface area contributed by atoms with Crippen LogP contribution in [0.15, 0.2) is 24.3 Å². The molecule has 0 unspecified atom stereocenters. The third-order valence-corrected chi connectivity index (χ3v) is 4.29. The van der Waals surface area contributed by atoms with Gasteiger partial charge in [-0.1, -0.05) is 19.1 Å². The Bertz CT molecular complexity index is 640. The van der Waals surface area contributed by atoms with Crippen LogP contribution in [0.1, 0.15) is 6.92 Å². The van der Waals surface area contributed by atoms with E-state index in [0.717, 1.165) is 61.9 Å². The first kappa shape index (κ1) is 16.0. The van der Waals surface area contributed by atoms with Gasteiger partial charge < -0.3 is 19.9 Å². The molecule has 0 spiro atoms. The molecule has 0 amide bonds. The second-order valence-electron chi connectivity index (χ2n) is 5.73. The third kappa shape index (κ3) is 3.71. The van der Waals surface area contributed by atoms with Gasteiger partial charge in [-0.2, -0.15) is 4.98 Å². The number of hydrogen-bond donors (Lipinski definition) is 1. The lowest BCUT2D eigenvalue weighted by atomic mass is 10.2. The van der Waals surface area contributed by atoms with Crippen LogP contribution < -0.4 is 10.2 Å². The maximum atomic E-state index is 5.12. The summed E-state index contributed by atoms with van der Waals surface area (Å²) in [6, 6.07) is 8.15. The number of likely N-dealkylation sites (N-methyl/N-ethyl adjacent to an activating group) is 1. The van der Waals surface area contributed by atoms with Crippen LogP contribution >= 0.6 is 0 Å². The van der Waals surface area contributed by atoms with Gasteiger partial charge in [0.15, 0.2) is 0 Å². The number of anilines is 2. The van der Waals surface area contributed by atoms with Crippen molar-refractivity contribution in [3.8, 4) is 0 Å². The first-order chi connectivity index (χ1) is 11.3. The molecule has 2 heterocycles. The van der Waals surface area contributed by atoms with Gasteiger partial charge in [0, 0.05) is 45.2 Å². The summed E-state index contributed by atoms with van der Waals surface area (Å²) >= 11 is 0. The van der Waals surface area contributed by atoms with Crippen molar-refractivity contribution in [3.05, 3.63) is 24.3 Å². The lowest BCUT2D eigenvalue weighted by molar-refractivity contribution is 0.210. The fourth-order valence-electron chi connectivity index (χ4n) is 2.88. The van der Waals surface area contributed by atoms with E-state index >= 15 is 0 Å². The number of nitrogens with zero attached hydrogens (tertiary/aromatic N) is 4. The van der Waals surface area contributed by atoms with Crippen molar-refractivity contribution < 1.29 is 4.74 Å². The normalized spacial score (nSPS) is 16.0. The Morgan fingerprint density at radius 1 is 1.13 bits per heavy atom. The predicted molar refractivity (Wildman–Crippen MR) is 94.2 cm³/mol. The monoisotopic (exact) mass is 315 g/mol. The number of ether oxygens (including phenoxy) is 1. The van der Waals surface area contributed by atoms with E-state index in [2.05, 4.69) is 28.1 Å². The van der Waals surface area contributed by atoms with Gasteiger partial charge in [0.05, 0.1) is 12.1 Å². The van der Waals surface area contributed by atoms with E-state index in [-0.39, 0.29) is 0 Å². The SMILES string of the molecule is CCN1CCN(c2nc(NCCOC)c3ccccc3n2)CC1. The Labute approximate surface area is 137 Å². The molecule has 1 fully saturated rings. The zero-order chi connectivity index (χ0) is 16.1. The number of methoxy groups -OCH3 is 1. The number of aromatic nitrogens is 2. The van der Waals surface area contributed by atoms with Crippen LogP contribution in [0.2, 0.25) is 0 Å². The van der Waals surface area contributed by atoms with Crippen LogP contribution in [0.25, 0.3) is 10.9 Å². The van der Waals surface area contributed by atoms with Crippen molar-refractivity contribution in [2.45, 2.75) is 6.92 Å². The minimum Gasteiger partial charge on any atom is -0.383 e. The molecule has 1 aromatic heterocycles. The number of fused-ring (bicyclic) bond motifs is 1. The van der Waals surface area contributed by atoms with Gasteiger partial charge in [-0.25, -0.2) is 4.98 Å². The number of para-hydroxylation sites is 1. The van der Waals surface area contributed by atoms with Crippen LogP contribution in [0.5, 0.6) is 0 Å². The molecule has 0 radical (unpaired) electrons. The molecule has 1 N–H and O–H groups in total. The number of hydrogen-bond acceptors (Lipinski definition) is 6. The van der Waals surface area contributed by atoms with E-state index in [1.54, 1.807) is 7.11 Å². The average molecular weight is 315 g/mol. The zero-order valence-corrected chi connectivity index (χ0v) is 14.0. The highest BCUT2D eigenvalue weighted by molar-refractivity contribution is 5.90. The number of nitrogens with one attached hydrogen (secondary N) is 1.